The molecule has 0 fully saturated rings. The Labute approximate surface area is 132 Å². The van der Waals surface area contributed by atoms with Gasteiger partial charge in [-0.15, -0.1) is 0 Å². The second-order valence-corrected chi connectivity index (χ2v) is 5.32. The Balaban J connectivity index is 2.09. The molecule has 5 nitrogen and oxygen atoms in total. The Bertz CT molecular complexity index is 744. The molecule has 0 aliphatic rings. The van der Waals surface area contributed by atoms with Gasteiger partial charge < -0.3 is 15.7 Å². The smallest absolute Gasteiger partial charge is 0.314 e. The number of aryl methyl sites for hydroxylation is 2. The highest BCUT2D eigenvalue weighted by Crippen LogP contribution is 2.24. The summed E-state index contributed by atoms with van der Waals surface area (Å²) in [4.78, 5) is 23.8. The number of carbonyl (C=O) groups is 2. The van der Waals surface area contributed by atoms with Crippen molar-refractivity contribution in [3.8, 4) is 5.75 Å². The number of aromatic hydroxyl groups is 1. The molecular weight excluding hydrogens is 304 g/mol. The summed E-state index contributed by atoms with van der Waals surface area (Å²) in [6, 6.07) is 9.64. The summed E-state index contributed by atoms with van der Waals surface area (Å²) < 4.78 is 0. The molecule has 6 heteroatoms. The Kier molecular flexibility index (Phi) is 4.68. The Morgan fingerprint density at radius 3 is 2.23 bits per heavy atom. The van der Waals surface area contributed by atoms with Crippen LogP contribution < -0.4 is 10.6 Å². The van der Waals surface area contributed by atoms with Crippen molar-refractivity contribution in [2.24, 2.45) is 0 Å². The van der Waals surface area contributed by atoms with Gasteiger partial charge in [-0.2, -0.15) is 0 Å². The lowest BCUT2D eigenvalue weighted by molar-refractivity contribution is -0.133. The fourth-order valence-corrected chi connectivity index (χ4v) is 2.10. The quantitative estimate of drug-likeness (QED) is 0.587. The van der Waals surface area contributed by atoms with Crippen molar-refractivity contribution in [3.05, 3.63) is 52.5 Å². The van der Waals surface area contributed by atoms with Crippen LogP contribution in [0.3, 0.4) is 0 Å². The van der Waals surface area contributed by atoms with E-state index >= 15 is 0 Å². The number of halogens is 1. The lowest BCUT2D eigenvalue weighted by atomic mass is 10.2. The van der Waals surface area contributed by atoms with Crippen LogP contribution >= 0.6 is 11.6 Å². The molecule has 114 valence electrons. The average Bonchev–Trinajstić information content (AvgIpc) is 2.45. The third kappa shape index (κ3) is 3.77. The van der Waals surface area contributed by atoms with Crippen LogP contribution in [0.2, 0.25) is 5.02 Å². The van der Waals surface area contributed by atoms with E-state index in [-0.39, 0.29) is 11.4 Å². The van der Waals surface area contributed by atoms with E-state index in [2.05, 4.69) is 10.6 Å². The van der Waals surface area contributed by atoms with Gasteiger partial charge >= 0.3 is 11.8 Å². The fraction of sp³-hybridized carbons (Fsp3) is 0.125. The maximum Gasteiger partial charge on any atom is 0.314 e. The van der Waals surface area contributed by atoms with Crippen LogP contribution in [-0.2, 0) is 9.59 Å². The van der Waals surface area contributed by atoms with Gasteiger partial charge in [0.2, 0.25) is 0 Å². The maximum absolute atomic E-state index is 11.9. The molecule has 0 saturated carbocycles. The van der Waals surface area contributed by atoms with E-state index in [1.807, 2.05) is 6.92 Å². The monoisotopic (exact) mass is 318 g/mol. The molecule has 0 atom stereocenters. The molecule has 0 spiro atoms. The molecule has 22 heavy (non-hydrogen) atoms. The molecule has 0 saturated heterocycles. The van der Waals surface area contributed by atoms with Gasteiger partial charge in [0.25, 0.3) is 0 Å². The third-order valence-corrected chi connectivity index (χ3v) is 3.28. The van der Waals surface area contributed by atoms with Crippen LogP contribution in [0.5, 0.6) is 5.75 Å². The summed E-state index contributed by atoms with van der Waals surface area (Å²) in [7, 11) is 0. The first-order valence-corrected chi connectivity index (χ1v) is 6.92. The summed E-state index contributed by atoms with van der Waals surface area (Å²) in [6.07, 6.45) is 0. The summed E-state index contributed by atoms with van der Waals surface area (Å²) in [5.74, 6) is -1.80. The molecule has 2 aromatic carbocycles. The molecule has 3 N–H and O–H groups in total. The van der Waals surface area contributed by atoms with Gasteiger partial charge in [-0.1, -0.05) is 17.7 Å². The van der Waals surface area contributed by atoms with Crippen LogP contribution in [0.4, 0.5) is 11.4 Å². The van der Waals surface area contributed by atoms with E-state index in [0.717, 1.165) is 11.1 Å². The number of benzene rings is 2. The third-order valence-electron chi connectivity index (χ3n) is 3.04. The molecule has 0 heterocycles. The highest BCUT2D eigenvalue weighted by Gasteiger charge is 2.16. The van der Waals surface area contributed by atoms with Gasteiger partial charge in [-0.05, 0) is 55.3 Å². The number of rotatable bonds is 2. The molecule has 0 aliphatic carbocycles. The van der Waals surface area contributed by atoms with Crippen molar-refractivity contribution < 1.29 is 14.7 Å². The minimum atomic E-state index is -0.866. The average molecular weight is 319 g/mol. The topological polar surface area (TPSA) is 78.4 Å². The van der Waals surface area contributed by atoms with E-state index in [4.69, 9.17) is 11.6 Å². The molecule has 0 radical (unpaired) electrons. The minimum Gasteiger partial charge on any atom is -0.506 e. The Morgan fingerprint density at radius 1 is 0.955 bits per heavy atom. The lowest BCUT2D eigenvalue weighted by Crippen LogP contribution is -2.29. The number of carbonyl (C=O) groups excluding carboxylic acids is 2. The maximum atomic E-state index is 11.9. The summed E-state index contributed by atoms with van der Waals surface area (Å²) in [5.41, 5.74) is 2.28. The van der Waals surface area contributed by atoms with Crippen molar-refractivity contribution in [3.63, 3.8) is 0 Å². The normalized spacial score (nSPS) is 10.1. The van der Waals surface area contributed by atoms with E-state index < -0.39 is 11.8 Å². The second-order valence-electron chi connectivity index (χ2n) is 4.89. The minimum absolute atomic E-state index is 0.102. The van der Waals surface area contributed by atoms with E-state index in [1.54, 1.807) is 37.3 Å². The Morgan fingerprint density at radius 2 is 1.59 bits per heavy atom. The van der Waals surface area contributed by atoms with E-state index in [1.165, 1.54) is 6.07 Å². The van der Waals surface area contributed by atoms with Gasteiger partial charge in [0.1, 0.15) is 5.75 Å². The van der Waals surface area contributed by atoms with E-state index in [9.17, 15) is 14.7 Å². The van der Waals surface area contributed by atoms with Crippen molar-refractivity contribution in [2.45, 2.75) is 13.8 Å². The first-order valence-electron chi connectivity index (χ1n) is 6.55. The number of phenols is 1. The van der Waals surface area contributed by atoms with Gasteiger partial charge in [-0.25, -0.2) is 0 Å². The molecular formula is C16H15ClN2O3. The number of anilines is 2. The van der Waals surface area contributed by atoms with Crippen molar-refractivity contribution >= 4 is 34.8 Å². The van der Waals surface area contributed by atoms with Crippen LogP contribution in [0.15, 0.2) is 36.4 Å². The number of amides is 2. The Hall–Kier alpha value is -2.53. The number of hydrogen-bond donors (Lipinski definition) is 3. The van der Waals surface area contributed by atoms with Gasteiger partial charge in [0.05, 0.1) is 5.69 Å². The zero-order chi connectivity index (χ0) is 16.3. The number of nitrogens with one attached hydrogen (secondary N) is 2. The highest BCUT2D eigenvalue weighted by molar-refractivity contribution is 6.44. The zero-order valence-corrected chi connectivity index (χ0v) is 12.9. The van der Waals surface area contributed by atoms with Crippen molar-refractivity contribution in [2.75, 3.05) is 10.6 Å². The first-order chi connectivity index (χ1) is 10.4. The van der Waals surface area contributed by atoms with E-state index in [0.29, 0.717) is 10.7 Å². The van der Waals surface area contributed by atoms with Gasteiger partial charge in [0, 0.05) is 10.7 Å². The van der Waals surface area contributed by atoms with Gasteiger partial charge in [-0.3, -0.25) is 9.59 Å². The number of phenolic OH excluding ortho intramolecular Hbond substituents is 1. The summed E-state index contributed by atoms with van der Waals surface area (Å²) in [6.45, 7) is 3.58. The summed E-state index contributed by atoms with van der Waals surface area (Å²) >= 11 is 5.84. The molecule has 0 aliphatic heterocycles. The first kappa shape index (κ1) is 15.9. The zero-order valence-electron chi connectivity index (χ0n) is 12.1. The van der Waals surface area contributed by atoms with Crippen LogP contribution in [-0.4, -0.2) is 16.9 Å². The van der Waals surface area contributed by atoms with Crippen molar-refractivity contribution in [1.29, 1.82) is 0 Å². The molecule has 0 aromatic heterocycles. The van der Waals surface area contributed by atoms with Crippen LogP contribution in [0, 0.1) is 13.8 Å². The van der Waals surface area contributed by atoms with Crippen LogP contribution in [0.25, 0.3) is 0 Å². The van der Waals surface area contributed by atoms with Crippen molar-refractivity contribution in [1.82, 2.24) is 0 Å². The second kappa shape index (κ2) is 6.49. The summed E-state index contributed by atoms with van der Waals surface area (Å²) in [5, 5.41) is 15.1. The molecule has 2 amide bonds. The highest BCUT2D eigenvalue weighted by atomic mass is 35.5. The molecule has 0 unspecified atom stereocenters. The lowest BCUT2D eigenvalue weighted by Gasteiger charge is -2.10. The fourth-order valence-electron chi connectivity index (χ4n) is 1.88. The molecule has 2 aromatic rings. The molecule has 0 bridgehead atoms. The van der Waals surface area contributed by atoms with Crippen LogP contribution in [0.1, 0.15) is 11.1 Å². The largest absolute Gasteiger partial charge is 0.506 e. The van der Waals surface area contributed by atoms with Gasteiger partial charge in [0.15, 0.2) is 0 Å². The SMILES string of the molecule is Cc1ccc(O)c(NC(=O)C(=O)Nc2ccc(Cl)cc2C)c1. The standard InChI is InChI=1S/C16H15ClN2O3/c1-9-3-6-14(20)13(7-9)19-16(22)15(21)18-12-5-4-11(17)8-10(12)2/h3-8,20H,1-2H3,(H,18,21)(H,19,22). The number of hydrogen-bond acceptors (Lipinski definition) is 3. The molecule has 2 rings (SSSR count). The predicted octanol–water partition coefficient (Wildman–Crippen LogP) is 3.24. The predicted molar refractivity (Wildman–Crippen MR) is 86.3 cm³/mol.